The van der Waals surface area contributed by atoms with Gasteiger partial charge in [-0.3, -0.25) is 0 Å². The first-order valence-corrected chi connectivity index (χ1v) is 5.70. The van der Waals surface area contributed by atoms with Crippen molar-refractivity contribution in [3.05, 3.63) is 52.3 Å². The van der Waals surface area contributed by atoms with Crippen LogP contribution in [0.3, 0.4) is 0 Å². The fourth-order valence-electron chi connectivity index (χ4n) is 1.52. The van der Waals surface area contributed by atoms with Crippen molar-refractivity contribution >= 4 is 0 Å². The molecule has 0 aliphatic heterocycles. The number of aromatic nitrogens is 2. The Morgan fingerprint density at radius 3 is 2.74 bits per heavy atom. The third-order valence-electron chi connectivity index (χ3n) is 2.52. The number of nitrogens with one attached hydrogen (secondary N) is 1. The summed E-state index contributed by atoms with van der Waals surface area (Å²) in [4.78, 5) is 16.4. The van der Waals surface area contributed by atoms with E-state index in [1.54, 1.807) is 7.11 Å². The van der Waals surface area contributed by atoms with Crippen LogP contribution < -0.4 is 15.2 Å². The zero-order valence-electron chi connectivity index (χ0n) is 10.4. The molecule has 6 heteroatoms. The summed E-state index contributed by atoms with van der Waals surface area (Å²) in [5.74, 6) is -0.196. The highest BCUT2D eigenvalue weighted by atomic mass is 19.1. The lowest BCUT2D eigenvalue weighted by molar-refractivity contribution is 0.289. The molecule has 1 aromatic carbocycles. The number of rotatable bonds is 5. The van der Waals surface area contributed by atoms with Crippen LogP contribution in [0.25, 0.3) is 0 Å². The second-order valence-electron chi connectivity index (χ2n) is 3.81. The van der Waals surface area contributed by atoms with Crippen molar-refractivity contribution in [2.75, 3.05) is 13.7 Å². The van der Waals surface area contributed by atoms with E-state index in [0.29, 0.717) is 6.42 Å². The number of halogens is 1. The van der Waals surface area contributed by atoms with Crippen molar-refractivity contribution < 1.29 is 13.9 Å². The van der Waals surface area contributed by atoms with Crippen molar-refractivity contribution in [1.82, 2.24) is 9.97 Å². The van der Waals surface area contributed by atoms with Gasteiger partial charge in [0.1, 0.15) is 5.75 Å². The molecule has 0 spiro atoms. The van der Waals surface area contributed by atoms with E-state index in [1.807, 2.05) is 24.3 Å². The molecule has 1 aromatic heterocycles. The number of nitrogens with zero attached hydrogens (tertiary/aromatic N) is 1. The minimum Gasteiger partial charge on any atom is -0.497 e. The maximum Gasteiger partial charge on any atom is 0.348 e. The van der Waals surface area contributed by atoms with Gasteiger partial charge in [0.05, 0.1) is 13.7 Å². The van der Waals surface area contributed by atoms with E-state index < -0.39 is 11.5 Å². The van der Waals surface area contributed by atoms with E-state index in [9.17, 15) is 9.18 Å². The molecule has 0 saturated heterocycles. The van der Waals surface area contributed by atoms with Crippen molar-refractivity contribution in [3.63, 3.8) is 0 Å². The molecule has 1 heterocycles. The summed E-state index contributed by atoms with van der Waals surface area (Å²) in [7, 11) is 1.60. The maximum atomic E-state index is 13.2. The minimum absolute atomic E-state index is 0.236. The standard InChI is InChI=1S/C13H13FN2O3/c1-18-10-4-2-9(3-5-10)6-7-19-12-11(14)8-15-13(17)16-12/h2-5,8H,6-7H2,1H3,(H,15,16,17). The highest BCUT2D eigenvalue weighted by molar-refractivity contribution is 5.27. The number of methoxy groups -OCH3 is 1. The second kappa shape index (κ2) is 5.99. The van der Waals surface area contributed by atoms with E-state index in [-0.39, 0.29) is 12.5 Å². The monoisotopic (exact) mass is 264 g/mol. The third kappa shape index (κ3) is 3.54. The Morgan fingerprint density at radius 1 is 1.32 bits per heavy atom. The van der Waals surface area contributed by atoms with E-state index in [0.717, 1.165) is 17.5 Å². The number of hydrogen-bond acceptors (Lipinski definition) is 4. The second-order valence-corrected chi connectivity index (χ2v) is 3.81. The van der Waals surface area contributed by atoms with Crippen LogP contribution in [0.5, 0.6) is 11.6 Å². The number of H-pyrrole nitrogens is 1. The molecule has 0 bridgehead atoms. The fourth-order valence-corrected chi connectivity index (χ4v) is 1.52. The lowest BCUT2D eigenvalue weighted by atomic mass is 10.1. The summed E-state index contributed by atoms with van der Waals surface area (Å²) < 4.78 is 23.4. The molecule has 0 fully saturated rings. The van der Waals surface area contributed by atoms with E-state index >= 15 is 0 Å². The Hall–Kier alpha value is -2.37. The maximum absolute atomic E-state index is 13.2. The summed E-state index contributed by atoms with van der Waals surface area (Å²) in [6, 6.07) is 7.45. The van der Waals surface area contributed by atoms with Crippen molar-refractivity contribution in [2.45, 2.75) is 6.42 Å². The van der Waals surface area contributed by atoms with Crippen LogP contribution in [0, 0.1) is 5.82 Å². The number of ether oxygens (including phenoxy) is 2. The Bertz CT molecular complexity index is 596. The topological polar surface area (TPSA) is 64.2 Å². The van der Waals surface area contributed by atoms with E-state index in [1.165, 1.54) is 0 Å². The molecule has 5 nitrogen and oxygen atoms in total. The van der Waals surface area contributed by atoms with Gasteiger partial charge in [-0.05, 0) is 17.7 Å². The summed E-state index contributed by atoms with van der Waals surface area (Å²) in [6.45, 7) is 0.236. The smallest absolute Gasteiger partial charge is 0.348 e. The Labute approximate surface area is 109 Å². The summed E-state index contributed by atoms with van der Waals surface area (Å²) in [6.07, 6.45) is 1.51. The highest BCUT2D eigenvalue weighted by Crippen LogP contribution is 2.13. The van der Waals surface area contributed by atoms with E-state index in [4.69, 9.17) is 9.47 Å². The van der Waals surface area contributed by atoms with Gasteiger partial charge in [0.25, 0.3) is 5.88 Å². The van der Waals surface area contributed by atoms with Gasteiger partial charge < -0.3 is 14.5 Å². The Balaban J connectivity index is 1.92. The SMILES string of the molecule is COc1ccc(CCOc2nc(=O)[nH]cc2F)cc1. The lowest BCUT2D eigenvalue weighted by Gasteiger charge is -2.06. The van der Waals surface area contributed by atoms with Crippen LogP contribution >= 0.6 is 0 Å². The molecular weight excluding hydrogens is 251 g/mol. The molecule has 0 radical (unpaired) electrons. The molecule has 0 unspecified atom stereocenters. The van der Waals surface area contributed by atoms with Gasteiger partial charge in [-0.15, -0.1) is 0 Å². The fraction of sp³-hybridized carbons (Fsp3) is 0.231. The highest BCUT2D eigenvalue weighted by Gasteiger charge is 2.05. The van der Waals surface area contributed by atoms with Crippen LogP contribution in [0.15, 0.2) is 35.3 Å². The van der Waals surface area contributed by atoms with Crippen molar-refractivity contribution in [2.24, 2.45) is 0 Å². The third-order valence-corrected chi connectivity index (χ3v) is 2.52. The first kappa shape index (κ1) is 13.1. The van der Waals surface area contributed by atoms with Gasteiger partial charge in [0, 0.05) is 12.6 Å². The van der Waals surface area contributed by atoms with Gasteiger partial charge in [-0.2, -0.15) is 9.37 Å². The summed E-state index contributed by atoms with van der Waals surface area (Å²) in [5.41, 5.74) is 0.381. The largest absolute Gasteiger partial charge is 0.497 e. The molecule has 2 rings (SSSR count). The van der Waals surface area contributed by atoms with Crippen LogP contribution in [0.4, 0.5) is 4.39 Å². The predicted molar refractivity (Wildman–Crippen MR) is 67.0 cm³/mol. The zero-order chi connectivity index (χ0) is 13.7. The Kier molecular flexibility index (Phi) is 4.12. The van der Waals surface area contributed by atoms with Gasteiger partial charge >= 0.3 is 5.69 Å². The first-order valence-electron chi connectivity index (χ1n) is 5.70. The first-order chi connectivity index (χ1) is 9.19. The molecule has 0 aliphatic carbocycles. The van der Waals surface area contributed by atoms with Gasteiger partial charge in [0.15, 0.2) is 0 Å². The summed E-state index contributed by atoms with van der Waals surface area (Å²) in [5, 5.41) is 0. The minimum atomic E-state index is -0.686. The zero-order valence-corrected chi connectivity index (χ0v) is 10.4. The number of benzene rings is 1. The molecular formula is C13H13FN2O3. The molecule has 0 aliphatic rings. The molecule has 0 amide bonds. The van der Waals surface area contributed by atoms with E-state index in [2.05, 4.69) is 9.97 Å². The lowest BCUT2D eigenvalue weighted by Crippen LogP contribution is -2.14. The molecule has 19 heavy (non-hydrogen) atoms. The van der Waals surface area contributed by atoms with Gasteiger partial charge in [-0.1, -0.05) is 12.1 Å². The summed E-state index contributed by atoms with van der Waals surface area (Å²) >= 11 is 0. The van der Waals surface area contributed by atoms with Crippen molar-refractivity contribution in [3.8, 4) is 11.6 Å². The molecule has 0 atom stereocenters. The van der Waals surface area contributed by atoms with Crippen LogP contribution in [-0.2, 0) is 6.42 Å². The number of aromatic amines is 1. The van der Waals surface area contributed by atoms with Crippen LogP contribution in [-0.4, -0.2) is 23.7 Å². The molecule has 100 valence electrons. The molecule has 1 N–H and O–H groups in total. The Morgan fingerprint density at radius 2 is 2.05 bits per heavy atom. The number of hydrogen-bond donors (Lipinski definition) is 1. The average Bonchev–Trinajstić information content (AvgIpc) is 2.43. The normalized spacial score (nSPS) is 10.2. The quantitative estimate of drug-likeness (QED) is 0.889. The average molecular weight is 264 g/mol. The van der Waals surface area contributed by atoms with Crippen molar-refractivity contribution in [1.29, 1.82) is 0 Å². The molecule has 0 saturated carbocycles. The molecule has 2 aromatic rings. The van der Waals surface area contributed by atoms with Gasteiger partial charge in [-0.25, -0.2) is 4.79 Å². The predicted octanol–water partition coefficient (Wildman–Crippen LogP) is 1.54. The van der Waals surface area contributed by atoms with Crippen LogP contribution in [0.1, 0.15) is 5.56 Å². The van der Waals surface area contributed by atoms with Gasteiger partial charge in [0.2, 0.25) is 5.82 Å². The van der Waals surface area contributed by atoms with Crippen LogP contribution in [0.2, 0.25) is 0 Å².